The quantitative estimate of drug-likeness (QED) is 0.592. The number of hydrogen-bond donors (Lipinski definition) is 0. The molecule has 0 unspecified atom stereocenters. The molecule has 0 spiro atoms. The van der Waals surface area contributed by atoms with Crippen molar-refractivity contribution in [2.45, 2.75) is 6.92 Å². The van der Waals surface area contributed by atoms with Gasteiger partial charge in [0, 0.05) is 9.90 Å². The Hall–Kier alpha value is -1.16. The van der Waals surface area contributed by atoms with Gasteiger partial charge >= 0.3 is 0 Å². The first kappa shape index (κ1) is 11.9. The van der Waals surface area contributed by atoms with Crippen LogP contribution in [0, 0.1) is 6.92 Å². The van der Waals surface area contributed by atoms with Gasteiger partial charge in [-0.15, -0.1) is 11.3 Å². The maximum Gasteiger partial charge on any atom is 0.150 e. The van der Waals surface area contributed by atoms with Crippen LogP contribution in [-0.4, -0.2) is 9.97 Å². The summed E-state index contributed by atoms with van der Waals surface area (Å²) in [6.45, 7) is 1.84. The maximum absolute atomic E-state index is 6.13. The molecule has 0 amide bonds. The van der Waals surface area contributed by atoms with Gasteiger partial charge in [-0.3, -0.25) is 0 Å². The lowest BCUT2D eigenvalue weighted by Crippen LogP contribution is -1.86. The highest BCUT2D eigenvalue weighted by molar-refractivity contribution is 7.22. The first-order valence-electron chi connectivity index (χ1n) is 5.33. The van der Waals surface area contributed by atoms with Gasteiger partial charge < -0.3 is 0 Å². The number of nitrogens with zero attached hydrogens (tertiary/aromatic N) is 2. The largest absolute Gasteiger partial charge is 0.232 e. The number of halogens is 2. The Morgan fingerprint density at radius 3 is 2.50 bits per heavy atom. The third-order valence-corrected chi connectivity index (χ3v) is 4.39. The molecule has 0 saturated carbocycles. The number of fused-ring (bicyclic) bond motifs is 1. The predicted octanol–water partition coefficient (Wildman–Crippen LogP) is 4.97. The highest BCUT2D eigenvalue weighted by Crippen LogP contribution is 2.35. The summed E-state index contributed by atoms with van der Waals surface area (Å²) in [7, 11) is 0. The highest BCUT2D eigenvalue weighted by atomic mass is 35.5. The van der Waals surface area contributed by atoms with E-state index < -0.39 is 0 Å². The van der Waals surface area contributed by atoms with Gasteiger partial charge in [0.15, 0.2) is 5.15 Å². The molecule has 18 heavy (non-hydrogen) atoms. The Kier molecular flexibility index (Phi) is 2.98. The Morgan fingerprint density at radius 2 is 1.78 bits per heavy atom. The number of rotatable bonds is 1. The minimum absolute atomic E-state index is 0.516. The van der Waals surface area contributed by atoms with Crippen LogP contribution in [0.1, 0.15) is 5.82 Å². The molecule has 3 aromatic rings. The second-order valence-electron chi connectivity index (χ2n) is 3.89. The molecule has 0 aliphatic carbocycles. The first-order valence-corrected chi connectivity index (χ1v) is 6.90. The molecule has 0 aliphatic rings. The first-order chi connectivity index (χ1) is 8.63. The molecule has 0 radical (unpaired) electrons. The van der Waals surface area contributed by atoms with E-state index in [9.17, 15) is 0 Å². The van der Waals surface area contributed by atoms with E-state index >= 15 is 0 Å². The third kappa shape index (κ3) is 2.09. The van der Waals surface area contributed by atoms with Crippen molar-refractivity contribution in [2.24, 2.45) is 0 Å². The van der Waals surface area contributed by atoms with Gasteiger partial charge in [0.25, 0.3) is 0 Å². The van der Waals surface area contributed by atoms with Crippen LogP contribution >= 0.6 is 34.5 Å². The molecule has 3 rings (SSSR count). The van der Waals surface area contributed by atoms with E-state index in [-0.39, 0.29) is 0 Å². The monoisotopic (exact) mass is 294 g/mol. The second kappa shape index (κ2) is 4.50. The zero-order valence-electron chi connectivity index (χ0n) is 9.45. The molecule has 0 saturated heterocycles. The molecule has 2 heterocycles. The van der Waals surface area contributed by atoms with Gasteiger partial charge in [-0.1, -0.05) is 35.3 Å². The van der Waals surface area contributed by atoms with Crippen molar-refractivity contribution in [3.8, 4) is 10.4 Å². The van der Waals surface area contributed by atoms with Crippen molar-refractivity contribution in [1.29, 1.82) is 0 Å². The van der Waals surface area contributed by atoms with E-state index in [1.807, 2.05) is 37.3 Å². The highest BCUT2D eigenvalue weighted by Gasteiger charge is 2.10. The van der Waals surface area contributed by atoms with E-state index in [0.717, 1.165) is 25.7 Å². The van der Waals surface area contributed by atoms with Gasteiger partial charge in [-0.05, 0) is 30.7 Å². The van der Waals surface area contributed by atoms with Gasteiger partial charge in [-0.2, -0.15) is 0 Å². The standard InChI is InChI=1S/C13H8Cl2N2S/c1-7-16-10-6-11(18-12(10)13(15)17-7)8-2-4-9(14)5-3-8/h2-6H,1H3. The molecule has 90 valence electrons. The van der Waals surface area contributed by atoms with Crippen LogP contribution in [0.4, 0.5) is 0 Å². The lowest BCUT2D eigenvalue weighted by Gasteiger charge is -1.95. The van der Waals surface area contributed by atoms with Crippen LogP contribution in [0.3, 0.4) is 0 Å². The molecule has 0 N–H and O–H groups in total. The van der Waals surface area contributed by atoms with E-state index in [2.05, 4.69) is 9.97 Å². The minimum Gasteiger partial charge on any atom is -0.232 e. The average molecular weight is 295 g/mol. The van der Waals surface area contributed by atoms with Crippen LogP contribution < -0.4 is 0 Å². The summed E-state index contributed by atoms with van der Waals surface area (Å²) < 4.78 is 0.923. The Balaban J connectivity index is 2.19. The summed E-state index contributed by atoms with van der Waals surface area (Å²) in [5.41, 5.74) is 2.00. The van der Waals surface area contributed by atoms with Crippen LogP contribution in [0.15, 0.2) is 30.3 Å². The van der Waals surface area contributed by atoms with Crippen molar-refractivity contribution in [2.75, 3.05) is 0 Å². The van der Waals surface area contributed by atoms with Crippen molar-refractivity contribution in [1.82, 2.24) is 9.97 Å². The summed E-state index contributed by atoms with van der Waals surface area (Å²) in [4.78, 5) is 9.67. The normalized spacial score (nSPS) is 11.1. The number of aromatic nitrogens is 2. The van der Waals surface area contributed by atoms with E-state index in [4.69, 9.17) is 23.2 Å². The summed E-state index contributed by atoms with van der Waals surface area (Å²) in [5.74, 6) is 0.688. The molecular weight excluding hydrogens is 287 g/mol. The fourth-order valence-electron chi connectivity index (χ4n) is 1.76. The van der Waals surface area contributed by atoms with Crippen LogP contribution in [-0.2, 0) is 0 Å². The molecule has 0 aliphatic heterocycles. The fraction of sp³-hybridized carbons (Fsp3) is 0.0769. The van der Waals surface area contributed by atoms with Gasteiger partial charge in [0.1, 0.15) is 5.82 Å². The molecular formula is C13H8Cl2N2S. The fourth-order valence-corrected chi connectivity index (χ4v) is 3.21. The van der Waals surface area contributed by atoms with Crippen LogP contribution in [0.2, 0.25) is 10.2 Å². The zero-order chi connectivity index (χ0) is 12.7. The van der Waals surface area contributed by atoms with Gasteiger partial charge in [-0.25, -0.2) is 9.97 Å². The van der Waals surface area contributed by atoms with Gasteiger partial charge in [0.05, 0.1) is 10.2 Å². The Morgan fingerprint density at radius 1 is 1.06 bits per heavy atom. The summed E-state index contributed by atoms with van der Waals surface area (Å²) >= 11 is 13.6. The second-order valence-corrected chi connectivity index (χ2v) is 5.74. The predicted molar refractivity (Wildman–Crippen MR) is 77.6 cm³/mol. The number of hydrogen-bond acceptors (Lipinski definition) is 3. The number of thiophene rings is 1. The van der Waals surface area contributed by atoms with E-state index in [0.29, 0.717) is 11.0 Å². The maximum atomic E-state index is 6.13. The molecule has 0 atom stereocenters. The average Bonchev–Trinajstić information content (AvgIpc) is 2.74. The molecule has 2 aromatic heterocycles. The Labute approximate surface area is 118 Å². The summed E-state index contributed by atoms with van der Waals surface area (Å²) in [6.07, 6.45) is 0. The lowest BCUT2D eigenvalue weighted by atomic mass is 10.2. The molecule has 2 nitrogen and oxygen atoms in total. The minimum atomic E-state index is 0.516. The molecule has 0 fully saturated rings. The summed E-state index contributed by atoms with van der Waals surface area (Å²) in [6, 6.07) is 9.76. The van der Waals surface area contributed by atoms with Gasteiger partial charge in [0.2, 0.25) is 0 Å². The lowest BCUT2D eigenvalue weighted by molar-refractivity contribution is 1.10. The van der Waals surface area contributed by atoms with Crippen molar-refractivity contribution in [3.63, 3.8) is 0 Å². The van der Waals surface area contributed by atoms with E-state index in [1.54, 1.807) is 11.3 Å². The topological polar surface area (TPSA) is 25.8 Å². The van der Waals surface area contributed by atoms with Crippen LogP contribution in [0.25, 0.3) is 20.7 Å². The molecule has 5 heteroatoms. The molecule has 0 bridgehead atoms. The SMILES string of the molecule is Cc1nc(Cl)c2sc(-c3ccc(Cl)cc3)cc2n1. The zero-order valence-corrected chi connectivity index (χ0v) is 11.8. The number of benzene rings is 1. The van der Waals surface area contributed by atoms with Crippen LogP contribution in [0.5, 0.6) is 0 Å². The Bertz CT molecular complexity index is 720. The van der Waals surface area contributed by atoms with E-state index in [1.165, 1.54) is 0 Å². The molecule has 1 aromatic carbocycles. The van der Waals surface area contributed by atoms with Crippen molar-refractivity contribution >= 4 is 44.8 Å². The van der Waals surface area contributed by atoms with Crippen molar-refractivity contribution in [3.05, 3.63) is 46.3 Å². The number of aryl methyl sites for hydroxylation is 1. The third-order valence-electron chi connectivity index (χ3n) is 2.57. The van der Waals surface area contributed by atoms with Crippen molar-refractivity contribution < 1.29 is 0 Å². The smallest absolute Gasteiger partial charge is 0.150 e. The summed E-state index contributed by atoms with van der Waals surface area (Å²) in [5, 5.41) is 1.25.